The number of hydrogen-bond acceptors (Lipinski definition) is 5. The number of amides is 3. The molecule has 1 rings (SSSR count). The van der Waals surface area contributed by atoms with Gasteiger partial charge in [0.1, 0.15) is 12.6 Å². The minimum atomic E-state index is -0.629. The molecule has 0 aromatic carbocycles. The van der Waals surface area contributed by atoms with Gasteiger partial charge < -0.3 is 19.4 Å². The molecule has 0 N–H and O–H groups in total. The first-order chi connectivity index (χ1) is 13.3. The van der Waals surface area contributed by atoms with Gasteiger partial charge in [-0.15, -0.1) is 13.2 Å². The number of ether oxygens (including phenoxy) is 1. The van der Waals surface area contributed by atoms with Crippen molar-refractivity contribution in [2.45, 2.75) is 38.6 Å². The summed E-state index contributed by atoms with van der Waals surface area (Å²) < 4.78 is 4.67. The van der Waals surface area contributed by atoms with Crippen LogP contribution in [0.1, 0.15) is 32.6 Å². The summed E-state index contributed by atoms with van der Waals surface area (Å²) in [6, 6.07) is -0.629. The number of methoxy groups -OCH3 is 1. The highest BCUT2D eigenvalue weighted by Gasteiger charge is 2.37. The van der Waals surface area contributed by atoms with E-state index in [-0.39, 0.29) is 30.8 Å². The summed E-state index contributed by atoms with van der Waals surface area (Å²) in [4.78, 5) is 53.6. The Morgan fingerprint density at radius 3 is 2.21 bits per heavy atom. The Morgan fingerprint density at radius 1 is 1.07 bits per heavy atom. The molecule has 0 saturated carbocycles. The number of likely N-dealkylation sites (tertiary alicyclic amines) is 1. The second-order valence-electron chi connectivity index (χ2n) is 6.68. The maximum atomic E-state index is 13.0. The van der Waals surface area contributed by atoms with Crippen molar-refractivity contribution in [2.24, 2.45) is 0 Å². The van der Waals surface area contributed by atoms with Crippen LogP contribution in [0.3, 0.4) is 0 Å². The first-order valence-corrected chi connectivity index (χ1v) is 9.48. The lowest BCUT2D eigenvalue weighted by Gasteiger charge is -2.31. The van der Waals surface area contributed by atoms with Gasteiger partial charge in [0.05, 0.1) is 13.7 Å². The molecule has 0 aromatic heterocycles. The van der Waals surface area contributed by atoms with E-state index >= 15 is 0 Å². The Morgan fingerprint density at radius 2 is 1.68 bits per heavy atom. The highest BCUT2D eigenvalue weighted by molar-refractivity contribution is 5.91. The molecule has 0 aliphatic carbocycles. The van der Waals surface area contributed by atoms with Crippen molar-refractivity contribution in [1.29, 1.82) is 0 Å². The van der Waals surface area contributed by atoms with Crippen LogP contribution in [0.25, 0.3) is 0 Å². The van der Waals surface area contributed by atoms with Crippen molar-refractivity contribution in [3.8, 4) is 0 Å². The van der Waals surface area contributed by atoms with E-state index in [1.54, 1.807) is 12.2 Å². The van der Waals surface area contributed by atoms with Crippen LogP contribution in [0.2, 0.25) is 0 Å². The smallest absolute Gasteiger partial charge is 0.325 e. The van der Waals surface area contributed by atoms with Gasteiger partial charge in [-0.3, -0.25) is 19.2 Å². The lowest BCUT2D eigenvalue weighted by molar-refractivity contribution is -0.151. The van der Waals surface area contributed by atoms with E-state index in [4.69, 9.17) is 0 Å². The number of rotatable bonds is 11. The topological polar surface area (TPSA) is 87.2 Å². The van der Waals surface area contributed by atoms with E-state index in [1.807, 2.05) is 0 Å². The first kappa shape index (κ1) is 23.4. The van der Waals surface area contributed by atoms with Gasteiger partial charge in [-0.05, 0) is 25.7 Å². The molecule has 1 fully saturated rings. The largest absolute Gasteiger partial charge is 0.468 e. The molecular formula is C20H31N3O5. The van der Waals surface area contributed by atoms with E-state index in [0.29, 0.717) is 45.3 Å². The second kappa shape index (κ2) is 11.9. The molecular weight excluding hydrogens is 362 g/mol. The number of carbonyl (C=O) groups excluding carboxylic acids is 4. The van der Waals surface area contributed by atoms with Crippen LogP contribution in [-0.4, -0.2) is 84.3 Å². The third-order valence-electron chi connectivity index (χ3n) is 4.70. The van der Waals surface area contributed by atoms with Crippen molar-refractivity contribution in [2.75, 3.05) is 39.8 Å². The van der Waals surface area contributed by atoms with Gasteiger partial charge in [0.25, 0.3) is 0 Å². The molecule has 1 aliphatic rings. The molecule has 0 spiro atoms. The highest BCUT2D eigenvalue weighted by Crippen LogP contribution is 2.20. The first-order valence-electron chi connectivity index (χ1n) is 9.48. The molecule has 8 nitrogen and oxygen atoms in total. The van der Waals surface area contributed by atoms with Crippen molar-refractivity contribution in [3.05, 3.63) is 25.3 Å². The van der Waals surface area contributed by atoms with Crippen LogP contribution in [0.15, 0.2) is 25.3 Å². The summed E-state index contributed by atoms with van der Waals surface area (Å²) in [5, 5.41) is 0. The van der Waals surface area contributed by atoms with Crippen LogP contribution in [-0.2, 0) is 23.9 Å². The zero-order valence-electron chi connectivity index (χ0n) is 16.9. The van der Waals surface area contributed by atoms with Crippen molar-refractivity contribution in [3.63, 3.8) is 0 Å². The molecule has 156 valence electrons. The Bertz CT molecular complexity index is 605. The summed E-state index contributed by atoms with van der Waals surface area (Å²) in [6.07, 6.45) is 5.70. The fourth-order valence-corrected chi connectivity index (χ4v) is 3.12. The molecule has 1 heterocycles. The van der Waals surface area contributed by atoms with Gasteiger partial charge in [0.2, 0.25) is 17.7 Å². The van der Waals surface area contributed by atoms with Crippen molar-refractivity contribution < 1.29 is 23.9 Å². The predicted octanol–water partition coefficient (Wildman–Crippen LogP) is 0.980. The Balaban J connectivity index is 2.86. The maximum Gasteiger partial charge on any atom is 0.325 e. The van der Waals surface area contributed by atoms with Crippen LogP contribution < -0.4 is 0 Å². The molecule has 1 saturated heterocycles. The predicted molar refractivity (Wildman–Crippen MR) is 105 cm³/mol. The normalized spacial score (nSPS) is 15.6. The number of hydrogen-bond donors (Lipinski definition) is 0. The van der Waals surface area contributed by atoms with Crippen LogP contribution in [0.4, 0.5) is 0 Å². The minimum Gasteiger partial charge on any atom is -0.468 e. The van der Waals surface area contributed by atoms with Gasteiger partial charge in [0.15, 0.2) is 0 Å². The number of carbonyl (C=O) groups is 4. The minimum absolute atomic E-state index is 0.0728. The molecule has 8 heteroatoms. The van der Waals surface area contributed by atoms with E-state index in [0.717, 1.165) is 0 Å². The average Bonchev–Trinajstić information content (AvgIpc) is 3.17. The summed E-state index contributed by atoms with van der Waals surface area (Å²) >= 11 is 0. The van der Waals surface area contributed by atoms with Gasteiger partial charge in [-0.2, -0.15) is 0 Å². The Hall–Kier alpha value is -2.64. The fourth-order valence-electron chi connectivity index (χ4n) is 3.12. The lowest BCUT2D eigenvalue weighted by atomic mass is 10.1. The van der Waals surface area contributed by atoms with Gasteiger partial charge in [-0.1, -0.05) is 12.2 Å². The summed E-state index contributed by atoms with van der Waals surface area (Å²) in [5.41, 5.74) is 0. The third-order valence-corrected chi connectivity index (χ3v) is 4.70. The molecule has 28 heavy (non-hydrogen) atoms. The molecule has 0 aromatic rings. The quantitative estimate of drug-likeness (QED) is 0.386. The molecule has 1 aliphatic heterocycles. The van der Waals surface area contributed by atoms with E-state index in [1.165, 1.54) is 28.7 Å². The zero-order valence-corrected chi connectivity index (χ0v) is 16.9. The summed E-state index contributed by atoms with van der Waals surface area (Å²) in [6.45, 7) is 9.64. The number of nitrogens with zero attached hydrogens (tertiary/aromatic N) is 3. The van der Waals surface area contributed by atoms with E-state index < -0.39 is 12.0 Å². The standard InChI is InChI=1S/C20H31N3O5/c1-5-7-11-21(16(3)24)14-18(25)23-13-9-10-17(23)20(27)22(12-8-6-2)15-19(26)28-4/h5-6,17H,1-2,7-15H2,3-4H3/t17-/m0/s1. The molecule has 3 amide bonds. The monoisotopic (exact) mass is 393 g/mol. The molecule has 1 atom stereocenters. The van der Waals surface area contributed by atoms with Crippen molar-refractivity contribution in [1.82, 2.24) is 14.7 Å². The molecule has 0 bridgehead atoms. The van der Waals surface area contributed by atoms with Crippen molar-refractivity contribution >= 4 is 23.7 Å². The van der Waals surface area contributed by atoms with E-state index in [9.17, 15) is 19.2 Å². The molecule has 0 unspecified atom stereocenters. The molecule has 0 radical (unpaired) electrons. The fraction of sp³-hybridized carbons (Fsp3) is 0.600. The lowest BCUT2D eigenvalue weighted by Crippen LogP contribution is -2.51. The Labute approximate surface area is 166 Å². The van der Waals surface area contributed by atoms with Crippen LogP contribution >= 0.6 is 0 Å². The van der Waals surface area contributed by atoms with Gasteiger partial charge in [0, 0.05) is 26.6 Å². The third kappa shape index (κ3) is 6.83. The summed E-state index contributed by atoms with van der Waals surface area (Å²) in [5.74, 6) is -1.26. The van der Waals surface area contributed by atoms with Gasteiger partial charge >= 0.3 is 5.97 Å². The van der Waals surface area contributed by atoms with Gasteiger partial charge in [-0.25, -0.2) is 0 Å². The Kier molecular flexibility index (Phi) is 9.98. The maximum absolute atomic E-state index is 13.0. The van der Waals surface area contributed by atoms with E-state index in [2.05, 4.69) is 17.9 Å². The summed E-state index contributed by atoms with van der Waals surface area (Å²) in [7, 11) is 1.27. The van der Waals surface area contributed by atoms with Crippen LogP contribution in [0.5, 0.6) is 0 Å². The number of esters is 1. The SMILES string of the molecule is C=CCCN(CC(=O)N1CCC[C@H]1C(=O)N(CCC=C)CC(=O)OC)C(C)=O. The zero-order chi connectivity index (χ0) is 21.1. The second-order valence-corrected chi connectivity index (χ2v) is 6.68. The average molecular weight is 393 g/mol. The van der Waals surface area contributed by atoms with Crippen LogP contribution in [0, 0.1) is 0 Å². The highest BCUT2D eigenvalue weighted by atomic mass is 16.5.